The lowest BCUT2D eigenvalue weighted by Gasteiger charge is -2.17. The van der Waals surface area contributed by atoms with E-state index in [0.717, 1.165) is 0 Å². The first-order chi connectivity index (χ1) is 7.50. The van der Waals surface area contributed by atoms with Crippen molar-refractivity contribution in [2.75, 3.05) is 11.4 Å². The van der Waals surface area contributed by atoms with Crippen LogP contribution in [0.5, 0.6) is 0 Å². The van der Waals surface area contributed by atoms with Gasteiger partial charge in [0.25, 0.3) is 5.91 Å². The van der Waals surface area contributed by atoms with Crippen molar-refractivity contribution in [1.82, 2.24) is 0 Å². The summed E-state index contributed by atoms with van der Waals surface area (Å²) >= 11 is 3.21. The highest BCUT2D eigenvalue weighted by Gasteiger charge is 2.30. The smallest absolute Gasteiger partial charge is 0.293 e. The maximum absolute atomic E-state index is 13.5. The molecule has 3 nitrogen and oxygen atoms in total. The average molecular weight is 286 g/mol. The lowest BCUT2D eigenvalue weighted by atomic mass is 10.2. The molecule has 1 aromatic rings. The summed E-state index contributed by atoms with van der Waals surface area (Å²) in [6, 6.07) is 4.34. The second-order valence-corrected chi connectivity index (χ2v) is 4.53. The third-order valence-electron chi connectivity index (χ3n) is 2.45. The number of hydrogen-bond acceptors (Lipinski definition) is 2. The van der Waals surface area contributed by atoms with Crippen molar-refractivity contribution in [3.8, 4) is 0 Å². The number of halogens is 2. The zero-order valence-corrected chi connectivity index (χ0v) is 10.1. The molecule has 1 aliphatic heterocycles. The van der Waals surface area contributed by atoms with Crippen molar-refractivity contribution in [2.45, 2.75) is 6.92 Å². The van der Waals surface area contributed by atoms with Crippen molar-refractivity contribution < 1.29 is 14.3 Å². The van der Waals surface area contributed by atoms with E-state index in [4.69, 9.17) is 0 Å². The zero-order valence-electron chi connectivity index (χ0n) is 8.50. The van der Waals surface area contributed by atoms with E-state index < -0.39 is 11.7 Å². The first-order valence-electron chi connectivity index (χ1n) is 4.66. The minimum Gasteiger partial charge on any atom is -0.503 e. The molecule has 1 aromatic carbocycles. The molecule has 1 heterocycles. The molecule has 2 rings (SSSR count). The summed E-state index contributed by atoms with van der Waals surface area (Å²) in [4.78, 5) is 12.8. The highest BCUT2D eigenvalue weighted by Crippen LogP contribution is 2.29. The van der Waals surface area contributed by atoms with Gasteiger partial charge >= 0.3 is 0 Å². The number of hydrogen-bond donors (Lipinski definition) is 1. The van der Waals surface area contributed by atoms with E-state index in [1.807, 2.05) is 0 Å². The Bertz CT molecular complexity index is 499. The van der Waals surface area contributed by atoms with Gasteiger partial charge in [-0.2, -0.15) is 0 Å². The number of aliphatic hydroxyl groups is 1. The van der Waals surface area contributed by atoms with E-state index in [0.29, 0.717) is 10.0 Å². The SMILES string of the molecule is CC1=C(O)C(=O)N(c2cc(Br)ccc2F)C1. The van der Waals surface area contributed by atoms with Crippen LogP contribution in [-0.2, 0) is 4.79 Å². The highest BCUT2D eigenvalue weighted by atomic mass is 79.9. The van der Waals surface area contributed by atoms with Crippen molar-refractivity contribution >= 4 is 27.5 Å². The Hall–Kier alpha value is -1.36. The maximum atomic E-state index is 13.5. The second-order valence-electron chi connectivity index (χ2n) is 3.62. The summed E-state index contributed by atoms with van der Waals surface area (Å²) < 4.78 is 14.2. The van der Waals surface area contributed by atoms with Crippen molar-refractivity contribution in [2.24, 2.45) is 0 Å². The average Bonchev–Trinajstić information content (AvgIpc) is 2.50. The van der Waals surface area contributed by atoms with Crippen LogP contribution < -0.4 is 4.90 Å². The molecular formula is C11H9BrFNO2. The molecule has 1 amide bonds. The molecule has 0 spiro atoms. The molecule has 84 valence electrons. The largest absolute Gasteiger partial charge is 0.503 e. The Morgan fingerprint density at radius 1 is 1.50 bits per heavy atom. The molecular weight excluding hydrogens is 277 g/mol. The van der Waals surface area contributed by atoms with E-state index in [1.165, 1.54) is 17.0 Å². The molecule has 1 N–H and O–H groups in total. The van der Waals surface area contributed by atoms with Crippen LogP contribution >= 0.6 is 15.9 Å². The first-order valence-corrected chi connectivity index (χ1v) is 5.45. The number of anilines is 1. The number of amides is 1. The Balaban J connectivity index is 2.41. The normalized spacial score (nSPS) is 16.2. The van der Waals surface area contributed by atoms with Gasteiger partial charge in [-0.25, -0.2) is 4.39 Å². The molecule has 0 atom stereocenters. The van der Waals surface area contributed by atoms with Crippen LogP contribution in [-0.4, -0.2) is 17.6 Å². The molecule has 0 aromatic heterocycles. The Kier molecular flexibility index (Phi) is 2.71. The van der Waals surface area contributed by atoms with Crippen LogP contribution in [0, 0.1) is 5.82 Å². The number of carbonyl (C=O) groups is 1. The molecule has 1 aliphatic rings. The van der Waals surface area contributed by atoms with E-state index in [1.54, 1.807) is 13.0 Å². The topological polar surface area (TPSA) is 40.5 Å². The number of benzene rings is 1. The summed E-state index contributed by atoms with van der Waals surface area (Å²) in [6.45, 7) is 1.86. The molecule has 0 saturated heterocycles. The lowest BCUT2D eigenvalue weighted by Crippen LogP contribution is -2.27. The van der Waals surface area contributed by atoms with Gasteiger partial charge < -0.3 is 5.11 Å². The van der Waals surface area contributed by atoms with Crippen LogP contribution in [0.2, 0.25) is 0 Å². The van der Waals surface area contributed by atoms with Gasteiger partial charge in [-0.3, -0.25) is 9.69 Å². The van der Waals surface area contributed by atoms with Gasteiger partial charge in [0.1, 0.15) is 5.82 Å². The van der Waals surface area contributed by atoms with Gasteiger partial charge in [0.05, 0.1) is 12.2 Å². The summed E-state index contributed by atoms with van der Waals surface area (Å²) in [6.07, 6.45) is 0. The first kappa shape index (κ1) is 11.1. The van der Waals surface area contributed by atoms with Gasteiger partial charge in [-0.1, -0.05) is 15.9 Å². The quantitative estimate of drug-likeness (QED) is 0.862. The predicted molar refractivity (Wildman–Crippen MR) is 61.8 cm³/mol. The van der Waals surface area contributed by atoms with Gasteiger partial charge in [0.2, 0.25) is 0 Å². The zero-order chi connectivity index (χ0) is 11.9. The molecule has 16 heavy (non-hydrogen) atoms. The van der Waals surface area contributed by atoms with Crippen molar-refractivity contribution in [1.29, 1.82) is 0 Å². The summed E-state index contributed by atoms with van der Waals surface area (Å²) in [5.74, 6) is -1.34. The third kappa shape index (κ3) is 1.71. The number of carbonyl (C=O) groups excluding carboxylic acids is 1. The van der Waals surface area contributed by atoms with Crippen molar-refractivity contribution in [3.63, 3.8) is 0 Å². The van der Waals surface area contributed by atoms with Crippen LogP contribution in [0.15, 0.2) is 34.0 Å². The minimum absolute atomic E-state index is 0.169. The van der Waals surface area contributed by atoms with E-state index in [2.05, 4.69) is 15.9 Å². The van der Waals surface area contributed by atoms with E-state index in [-0.39, 0.29) is 18.0 Å². The molecule has 0 radical (unpaired) electrons. The van der Waals surface area contributed by atoms with Crippen molar-refractivity contribution in [3.05, 3.63) is 39.8 Å². The fourth-order valence-electron chi connectivity index (χ4n) is 1.58. The predicted octanol–water partition coefficient (Wildman–Crippen LogP) is 2.77. The van der Waals surface area contributed by atoms with Gasteiger partial charge in [-0.05, 0) is 30.7 Å². The molecule has 5 heteroatoms. The molecule has 0 saturated carbocycles. The number of rotatable bonds is 1. The van der Waals surface area contributed by atoms with Crippen LogP contribution in [0.4, 0.5) is 10.1 Å². The van der Waals surface area contributed by atoms with Crippen LogP contribution in [0.25, 0.3) is 0 Å². The van der Waals surface area contributed by atoms with Gasteiger partial charge in [0, 0.05) is 4.47 Å². The number of aliphatic hydroxyl groups excluding tert-OH is 1. The Labute approximate surface area is 100 Å². The maximum Gasteiger partial charge on any atom is 0.293 e. The fraction of sp³-hybridized carbons (Fsp3) is 0.182. The van der Waals surface area contributed by atoms with Crippen LogP contribution in [0.1, 0.15) is 6.92 Å². The summed E-state index contributed by atoms with van der Waals surface area (Å²) in [5, 5.41) is 9.41. The second kappa shape index (κ2) is 3.90. The van der Waals surface area contributed by atoms with E-state index in [9.17, 15) is 14.3 Å². The summed E-state index contributed by atoms with van der Waals surface area (Å²) in [7, 11) is 0. The van der Waals surface area contributed by atoms with Crippen LogP contribution in [0.3, 0.4) is 0 Å². The Morgan fingerprint density at radius 3 is 2.75 bits per heavy atom. The number of nitrogens with zero attached hydrogens (tertiary/aromatic N) is 1. The minimum atomic E-state index is -0.561. The fourth-order valence-corrected chi connectivity index (χ4v) is 1.93. The summed E-state index contributed by atoms with van der Waals surface area (Å²) in [5.41, 5.74) is 0.715. The van der Waals surface area contributed by atoms with E-state index >= 15 is 0 Å². The lowest BCUT2D eigenvalue weighted by molar-refractivity contribution is -0.116. The Morgan fingerprint density at radius 2 is 2.19 bits per heavy atom. The molecule has 0 aliphatic carbocycles. The molecule has 0 fully saturated rings. The monoisotopic (exact) mass is 285 g/mol. The van der Waals surface area contributed by atoms with Gasteiger partial charge in [0.15, 0.2) is 5.76 Å². The standard InChI is InChI=1S/C11H9BrFNO2/c1-6-5-14(11(16)10(6)15)9-4-7(12)2-3-8(9)13/h2-4,15H,5H2,1H3. The molecule has 0 bridgehead atoms. The third-order valence-corrected chi connectivity index (χ3v) is 2.94. The molecule has 0 unspecified atom stereocenters. The highest BCUT2D eigenvalue weighted by molar-refractivity contribution is 9.10. The van der Waals surface area contributed by atoms with Gasteiger partial charge in [-0.15, -0.1) is 0 Å².